The van der Waals surface area contributed by atoms with Gasteiger partial charge in [0.25, 0.3) is 0 Å². The first-order valence-corrected chi connectivity index (χ1v) is 6.85. The van der Waals surface area contributed by atoms with Crippen molar-refractivity contribution in [1.82, 2.24) is 0 Å². The van der Waals surface area contributed by atoms with Crippen molar-refractivity contribution in [3.05, 3.63) is 59.2 Å². The van der Waals surface area contributed by atoms with E-state index in [1.54, 1.807) is 0 Å². The number of fused-ring (bicyclic) bond motifs is 1. The van der Waals surface area contributed by atoms with Crippen LogP contribution in [0.5, 0.6) is 5.75 Å². The van der Waals surface area contributed by atoms with Crippen molar-refractivity contribution in [1.29, 1.82) is 0 Å². The van der Waals surface area contributed by atoms with Crippen LogP contribution in [0.1, 0.15) is 29.7 Å². The number of aryl methyl sites for hydroxylation is 2. The molecule has 19 heavy (non-hydrogen) atoms. The normalized spacial score (nSPS) is 17.3. The molecule has 1 N–H and O–H groups in total. The molecular weight excluding hydrogens is 234 g/mol. The zero-order valence-corrected chi connectivity index (χ0v) is 11.4. The van der Waals surface area contributed by atoms with Gasteiger partial charge in [-0.25, -0.2) is 0 Å². The fourth-order valence-corrected chi connectivity index (χ4v) is 2.45. The van der Waals surface area contributed by atoms with E-state index in [-0.39, 0.29) is 6.04 Å². The van der Waals surface area contributed by atoms with E-state index in [1.807, 2.05) is 6.07 Å². The second kappa shape index (κ2) is 4.96. The molecule has 2 heteroatoms. The third-order valence-corrected chi connectivity index (χ3v) is 3.66. The van der Waals surface area contributed by atoms with Gasteiger partial charge >= 0.3 is 0 Å². The predicted molar refractivity (Wildman–Crippen MR) is 78.9 cm³/mol. The van der Waals surface area contributed by atoms with Crippen LogP contribution in [0.3, 0.4) is 0 Å². The van der Waals surface area contributed by atoms with Crippen LogP contribution in [0.4, 0.5) is 5.69 Å². The average Bonchev–Trinajstić information content (AvgIpc) is 2.46. The van der Waals surface area contributed by atoms with Gasteiger partial charge in [0.05, 0.1) is 11.7 Å². The first-order chi connectivity index (χ1) is 9.26. The summed E-state index contributed by atoms with van der Waals surface area (Å²) in [5.41, 5.74) is 4.99. The van der Waals surface area contributed by atoms with Crippen molar-refractivity contribution in [2.45, 2.75) is 26.3 Å². The number of benzene rings is 2. The Bertz CT molecular complexity index is 574. The topological polar surface area (TPSA) is 21.3 Å². The van der Waals surface area contributed by atoms with Gasteiger partial charge in [-0.3, -0.25) is 0 Å². The smallest absolute Gasteiger partial charge is 0.142 e. The van der Waals surface area contributed by atoms with Gasteiger partial charge in [0.15, 0.2) is 0 Å². The van der Waals surface area contributed by atoms with Gasteiger partial charge in [0.1, 0.15) is 12.4 Å². The molecule has 1 heterocycles. The maximum atomic E-state index is 5.84. The Labute approximate surface area is 114 Å². The summed E-state index contributed by atoms with van der Waals surface area (Å²) in [4.78, 5) is 0. The lowest BCUT2D eigenvalue weighted by molar-refractivity contribution is 0.286. The lowest BCUT2D eigenvalue weighted by Gasteiger charge is -2.28. The summed E-state index contributed by atoms with van der Waals surface area (Å²) >= 11 is 0. The first kappa shape index (κ1) is 12.1. The Morgan fingerprint density at radius 1 is 1.16 bits per heavy atom. The highest BCUT2D eigenvalue weighted by molar-refractivity contribution is 5.60. The zero-order valence-electron chi connectivity index (χ0n) is 11.4. The molecule has 0 bridgehead atoms. The molecule has 1 aliphatic rings. The zero-order chi connectivity index (χ0) is 13.2. The molecular formula is C17H19NO. The fourth-order valence-electron chi connectivity index (χ4n) is 2.45. The number of rotatable bonds is 2. The molecule has 3 rings (SSSR count). The largest absolute Gasteiger partial charge is 0.489 e. The summed E-state index contributed by atoms with van der Waals surface area (Å²) < 4.78 is 5.84. The van der Waals surface area contributed by atoms with Crippen LogP contribution in [-0.4, -0.2) is 6.61 Å². The van der Waals surface area contributed by atoms with E-state index in [2.05, 4.69) is 55.6 Å². The number of nitrogens with one attached hydrogen (secondary N) is 1. The number of hydrogen-bond donors (Lipinski definition) is 1. The molecule has 0 amide bonds. The Kier molecular flexibility index (Phi) is 3.16. The number of hydrogen-bond acceptors (Lipinski definition) is 2. The van der Waals surface area contributed by atoms with Crippen LogP contribution < -0.4 is 10.1 Å². The van der Waals surface area contributed by atoms with Crippen molar-refractivity contribution in [3.63, 3.8) is 0 Å². The van der Waals surface area contributed by atoms with E-state index in [9.17, 15) is 0 Å². The summed E-state index contributed by atoms with van der Waals surface area (Å²) in [7, 11) is 0. The van der Waals surface area contributed by atoms with Crippen molar-refractivity contribution in [2.75, 3.05) is 11.9 Å². The van der Waals surface area contributed by atoms with Crippen LogP contribution >= 0.6 is 0 Å². The minimum absolute atomic E-state index is 0.236. The van der Waals surface area contributed by atoms with Gasteiger partial charge in [-0.05, 0) is 42.2 Å². The molecule has 1 aliphatic heterocycles. The van der Waals surface area contributed by atoms with E-state index in [0.29, 0.717) is 6.61 Å². The molecule has 0 fully saturated rings. The standard InChI is InChI=1S/C17H19NO/c1-3-13-5-7-14(8-6-13)16-11-19-17-9-4-12(2)10-15(17)18-16/h4-10,16,18H,3,11H2,1-2H3/t16-/m1/s1. The molecule has 0 spiro atoms. The molecule has 2 aromatic rings. The third kappa shape index (κ3) is 2.43. The van der Waals surface area contributed by atoms with Gasteiger partial charge < -0.3 is 10.1 Å². The molecule has 0 unspecified atom stereocenters. The predicted octanol–water partition coefficient (Wildman–Crippen LogP) is 4.10. The van der Waals surface area contributed by atoms with Gasteiger partial charge in [-0.1, -0.05) is 37.3 Å². The number of anilines is 1. The quantitative estimate of drug-likeness (QED) is 0.870. The number of ether oxygens (including phenoxy) is 1. The molecule has 0 saturated heterocycles. The fraction of sp³-hybridized carbons (Fsp3) is 0.294. The lowest BCUT2D eigenvalue weighted by Crippen LogP contribution is -2.23. The third-order valence-electron chi connectivity index (χ3n) is 3.66. The van der Waals surface area contributed by atoms with Gasteiger partial charge in [0.2, 0.25) is 0 Å². The summed E-state index contributed by atoms with van der Waals surface area (Å²) in [5.74, 6) is 0.951. The van der Waals surface area contributed by atoms with Crippen LogP contribution in [0.2, 0.25) is 0 Å². The van der Waals surface area contributed by atoms with Crippen molar-refractivity contribution in [2.24, 2.45) is 0 Å². The Hall–Kier alpha value is -1.96. The van der Waals surface area contributed by atoms with E-state index in [0.717, 1.165) is 17.9 Å². The van der Waals surface area contributed by atoms with Crippen molar-refractivity contribution in [3.8, 4) is 5.75 Å². The molecule has 0 radical (unpaired) electrons. The maximum Gasteiger partial charge on any atom is 0.142 e. The van der Waals surface area contributed by atoms with E-state index in [1.165, 1.54) is 16.7 Å². The first-order valence-electron chi connectivity index (χ1n) is 6.85. The molecule has 98 valence electrons. The Balaban J connectivity index is 1.84. The molecule has 0 aliphatic carbocycles. The highest BCUT2D eigenvalue weighted by Gasteiger charge is 2.20. The molecule has 2 aromatic carbocycles. The van der Waals surface area contributed by atoms with Gasteiger partial charge in [-0.15, -0.1) is 0 Å². The molecule has 0 saturated carbocycles. The monoisotopic (exact) mass is 253 g/mol. The van der Waals surface area contributed by atoms with Crippen molar-refractivity contribution >= 4 is 5.69 Å². The second-order valence-corrected chi connectivity index (χ2v) is 5.10. The summed E-state index contributed by atoms with van der Waals surface area (Å²) in [5, 5.41) is 3.57. The highest BCUT2D eigenvalue weighted by Crippen LogP contribution is 2.34. The Morgan fingerprint density at radius 3 is 2.68 bits per heavy atom. The van der Waals surface area contributed by atoms with Crippen molar-refractivity contribution < 1.29 is 4.74 Å². The molecule has 0 aromatic heterocycles. The minimum Gasteiger partial charge on any atom is -0.489 e. The van der Waals surface area contributed by atoms with Crippen LogP contribution in [-0.2, 0) is 6.42 Å². The molecule has 1 atom stereocenters. The van der Waals surface area contributed by atoms with E-state index in [4.69, 9.17) is 4.74 Å². The summed E-state index contributed by atoms with van der Waals surface area (Å²) in [6, 6.07) is 15.3. The van der Waals surface area contributed by atoms with E-state index < -0.39 is 0 Å². The minimum atomic E-state index is 0.236. The maximum absolute atomic E-state index is 5.84. The Morgan fingerprint density at radius 2 is 1.95 bits per heavy atom. The van der Waals surface area contributed by atoms with E-state index >= 15 is 0 Å². The van der Waals surface area contributed by atoms with Gasteiger partial charge in [0, 0.05) is 0 Å². The molecule has 2 nitrogen and oxygen atoms in total. The lowest BCUT2D eigenvalue weighted by atomic mass is 10.0. The summed E-state index contributed by atoms with van der Waals surface area (Å²) in [6.45, 7) is 4.96. The highest BCUT2D eigenvalue weighted by atomic mass is 16.5. The van der Waals surface area contributed by atoms with Crippen LogP contribution in [0.25, 0.3) is 0 Å². The SMILES string of the molecule is CCc1ccc([C@H]2COc3ccc(C)cc3N2)cc1. The summed E-state index contributed by atoms with van der Waals surface area (Å²) in [6.07, 6.45) is 1.08. The van der Waals surface area contributed by atoms with Gasteiger partial charge in [-0.2, -0.15) is 0 Å². The van der Waals surface area contributed by atoms with Crippen LogP contribution in [0, 0.1) is 6.92 Å². The van der Waals surface area contributed by atoms with Crippen LogP contribution in [0.15, 0.2) is 42.5 Å². The average molecular weight is 253 g/mol. The second-order valence-electron chi connectivity index (χ2n) is 5.10.